The number of ether oxygens (including phenoxy) is 1. The largest absolute Gasteiger partial charge is 0.495 e. The van der Waals surface area contributed by atoms with Gasteiger partial charge in [-0.05, 0) is 43.4 Å². The molecule has 0 N–H and O–H groups in total. The quantitative estimate of drug-likeness (QED) is 0.857. The van der Waals surface area contributed by atoms with Crippen LogP contribution in [0.3, 0.4) is 0 Å². The fraction of sp³-hybridized carbons (Fsp3) is 0.550. The fourth-order valence-corrected chi connectivity index (χ4v) is 4.19. The lowest BCUT2D eigenvalue weighted by molar-refractivity contribution is 0.242. The minimum Gasteiger partial charge on any atom is -0.495 e. The molecule has 5 nitrogen and oxygen atoms in total. The van der Waals surface area contributed by atoms with Gasteiger partial charge in [0.15, 0.2) is 0 Å². The first kappa shape index (κ1) is 16.5. The van der Waals surface area contributed by atoms with Gasteiger partial charge in [-0.25, -0.2) is 0 Å². The number of rotatable bonds is 4. The van der Waals surface area contributed by atoms with E-state index in [1.165, 1.54) is 41.9 Å². The molecule has 5 heteroatoms. The molecule has 0 bridgehead atoms. The number of hydrogen-bond donors (Lipinski definition) is 0. The Morgan fingerprint density at radius 2 is 1.80 bits per heavy atom. The maximum atomic E-state index is 5.52. The molecule has 134 valence electrons. The Kier molecular flexibility index (Phi) is 4.66. The molecule has 1 aliphatic heterocycles. The Bertz CT molecular complexity index is 731. The highest BCUT2D eigenvalue weighted by Crippen LogP contribution is 2.29. The minimum atomic E-state index is 0.969. The fourth-order valence-electron chi connectivity index (χ4n) is 4.19. The second-order valence-corrected chi connectivity index (χ2v) is 7.14. The third kappa shape index (κ3) is 3.25. The van der Waals surface area contributed by atoms with E-state index in [1.807, 2.05) is 12.1 Å². The highest BCUT2D eigenvalue weighted by atomic mass is 16.5. The van der Waals surface area contributed by atoms with Crippen LogP contribution >= 0.6 is 0 Å². The average Bonchev–Trinajstić information content (AvgIpc) is 2.98. The van der Waals surface area contributed by atoms with Crippen LogP contribution in [0.25, 0.3) is 0 Å². The molecule has 0 saturated carbocycles. The number of benzene rings is 1. The van der Waals surface area contributed by atoms with Crippen molar-refractivity contribution in [1.29, 1.82) is 0 Å². The molecule has 1 aromatic heterocycles. The lowest BCUT2D eigenvalue weighted by Crippen LogP contribution is -2.46. The predicted molar refractivity (Wildman–Crippen MR) is 100 cm³/mol. The Balaban J connectivity index is 1.42. The molecule has 2 aliphatic rings. The second-order valence-electron chi connectivity index (χ2n) is 7.14. The zero-order valence-electron chi connectivity index (χ0n) is 15.4. The van der Waals surface area contributed by atoms with Crippen LogP contribution in [0.1, 0.15) is 29.8 Å². The molecule has 1 saturated heterocycles. The molecule has 2 aromatic rings. The van der Waals surface area contributed by atoms with Crippen molar-refractivity contribution in [2.24, 2.45) is 7.05 Å². The van der Waals surface area contributed by atoms with Crippen molar-refractivity contribution < 1.29 is 4.74 Å². The SMILES string of the molecule is COc1ccccc1N1CCN(Cc2c3c(nn2C)CCCC3)CC1. The summed E-state index contributed by atoms with van der Waals surface area (Å²) in [7, 11) is 3.86. The van der Waals surface area contributed by atoms with Gasteiger partial charge < -0.3 is 9.64 Å². The van der Waals surface area contributed by atoms with Crippen molar-refractivity contribution in [3.05, 3.63) is 41.2 Å². The van der Waals surface area contributed by atoms with Crippen LogP contribution in [-0.4, -0.2) is 48.0 Å². The van der Waals surface area contributed by atoms with Crippen LogP contribution in [-0.2, 0) is 26.4 Å². The number of nitrogens with zero attached hydrogens (tertiary/aromatic N) is 4. The van der Waals surface area contributed by atoms with Crippen molar-refractivity contribution in [2.45, 2.75) is 32.2 Å². The highest BCUT2D eigenvalue weighted by Gasteiger charge is 2.24. The van der Waals surface area contributed by atoms with Gasteiger partial charge in [0.2, 0.25) is 0 Å². The second kappa shape index (κ2) is 7.08. The van der Waals surface area contributed by atoms with Crippen LogP contribution in [0.4, 0.5) is 5.69 Å². The van der Waals surface area contributed by atoms with Crippen molar-refractivity contribution >= 4 is 5.69 Å². The molecule has 25 heavy (non-hydrogen) atoms. The van der Waals surface area contributed by atoms with E-state index in [9.17, 15) is 0 Å². The van der Waals surface area contributed by atoms with Gasteiger partial charge in [-0.3, -0.25) is 9.58 Å². The number of para-hydroxylation sites is 2. The first-order valence-electron chi connectivity index (χ1n) is 9.40. The molecule has 1 aliphatic carbocycles. The Morgan fingerprint density at radius 3 is 2.60 bits per heavy atom. The molecule has 0 unspecified atom stereocenters. The van der Waals surface area contributed by atoms with E-state index in [0.29, 0.717) is 0 Å². The molecule has 0 radical (unpaired) electrons. The number of piperazine rings is 1. The van der Waals surface area contributed by atoms with Gasteiger partial charge in [0, 0.05) is 39.8 Å². The Morgan fingerprint density at radius 1 is 1.04 bits per heavy atom. The smallest absolute Gasteiger partial charge is 0.142 e. The van der Waals surface area contributed by atoms with Crippen LogP contribution in [0, 0.1) is 0 Å². The van der Waals surface area contributed by atoms with E-state index < -0.39 is 0 Å². The van der Waals surface area contributed by atoms with Crippen molar-refractivity contribution in [1.82, 2.24) is 14.7 Å². The summed E-state index contributed by atoms with van der Waals surface area (Å²) in [5.74, 6) is 0.969. The number of methoxy groups -OCH3 is 1. The number of fused-ring (bicyclic) bond motifs is 1. The summed E-state index contributed by atoms with van der Waals surface area (Å²) in [6, 6.07) is 8.33. The summed E-state index contributed by atoms with van der Waals surface area (Å²) < 4.78 is 7.65. The first-order chi connectivity index (χ1) is 12.3. The summed E-state index contributed by atoms with van der Waals surface area (Å²) in [6.45, 7) is 5.27. The zero-order valence-corrected chi connectivity index (χ0v) is 15.4. The van der Waals surface area contributed by atoms with Gasteiger partial charge >= 0.3 is 0 Å². The maximum Gasteiger partial charge on any atom is 0.142 e. The minimum absolute atomic E-state index is 0.969. The molecular formula is C20H28N4O. The third-order valence-electron chi connectivity index (χ3n) is 5.62. The Hall–Kier alpha value is -2.01. The number of aromatic nitrogens is 2. The summed E-state index contributed by atoms with van der Waals surface area (Å²) in [5, 5.41) is 4.76. The molecule has 0 amide bonds. The topological polar surface area (TPSA) is 33.5 Å². The monoisotopic (exact) mass is 340 g/mol. The molecule has 1 fully saturated rings. The van der Waals surface area contributed by atoms with E-state index >= 15 is 0 Å². The lowest BCUT2D eigenvalue weighted by Gasteiger charge is -2.36. The van der Waals surface area contributed by atoms with Crippen molar-refractivity contribution in [3.8, 4) is 5.75 Å². The number of anilines is 1. The van der Waals surface area contributed by atoms with E-state index in [1.54, 1.807) is 7.11 Å². The van der Waals surface area contributed by atoms with Gasteiger partial charge in [0.1, 0.15) is 5.75 Å². The first-order valence-corrected chi connectivity index (χ1v) is 9.40. The normalized spacial score (nSPS) is 18.2. The van der Waals surface area contributed by atoms with Gasteiger partial charge in [0.05, 0.1) is 24.2 Å². The van der Waals surface area contributed by atoms with Crippen molar-refractivity contribution in [3.63, 3.8) is 0 Å². The maximum absolute atomic E-state index is 5.52. The van der Waals surface area contributed by atoms with E-state index in [2.05, 4.69) is 33.7 Å². The van der Waals surface area contributed by atoms with E-state index in [-0.39, 0.29) is 0 Å². The van der Waals surface area contributed by atoms with Gasteiger partial charge in [-0.1, -0.05) is 12.1 Å². The van der Waals surface area contributed by atoms with E-state index in [0.717, 1.165) is 44.9 Å². The van der Waals surface area contributed by atoms with Gasteiger partial charge in [0.25, 0.3) is 0 Å². The molecule has 1 aromatic carbocycles. The molecule has 0 spiro atoms. The summed E-state index contributed by atoms with van der Waals surface area (Å²) >= 11 is 0. The third-order valence-corrected chi connectivity index (χ3v) is 5.62. The van der Waals surface area contributed by atoms with Gasteiger partial charge in [-0.2, -0.15) is 5.10 Å². The van der Waals surface area contributed by atoms with Gasteiger partial charge in [-0.15, -0.1) is 0 Å². The molecular weight excluding hydrogens is 312 g/mol. The zero-order chi connectivity index (χ0) is 17.2. The molecule has 2 heterocycles. The summed E-state index contributed by atoms with van der Waals surface area (Å²) in [4.78, 5) is 5.01. The number of hydrogen-bond acceptors (Lipinski definition) is 4. The van der Waals surface area contributed by atoms with Crippen LogP contribution in [0.5, 0.6) is 5.75 Å². The predicted octanol–water partition coefficient (Wildman–Crippen LogP) is 2.63. The molecule has 0 atom stereocenters. The van der Waals surface area contributed by atoms with Crippen molar-refractivity contribution in [2.75, 3.05) is 38.2 Å². The Labute approximate surface area is 150 Å². The summed E-state index contributed by atoms with van der Waals surface area (Å²) in [5.41, 5.74) is 5.51. The summed E-state index contributed by atoms with van der Waals surface area (Å²) in [6.07, 6.45) is 4.97. The molecule has 4 rings (SSSR count). The highest BCUT2D eigenvalue weighted by molar-refractivity contribution is 5.58. The van der Waals surface area contributed by atoms with Crippen LogP contribution < -0.4 is 9.64 Å². The van der Waals surface area contributed by atoms with E-state index in [4.69, 9.17) is 9.84 Å². The average molecular weight is 340 g/mol. The standard InChI is InChI=1S/C20H28N4O/c1-22-19(16-7-3-4-8-17(16)21-22)15-23-11-13-24(14-12-23)18-9-5-6-10-20(18)25-2/h5-6,9-10H,3-4,7-8,11-15H2,1-2H3. The lowest BCUT2D eigenvalue weighted by atomic mass is 9.95. The van der Waals surface area contributed by atoms with Crippen LogP contribution in [0.2, 0.25) is 0 Å². The van der Waals surface area contributed by atoms with Crippen LogP contribution in [0.15, 0.2) is 24.3 Å². The number of aryl methyl sites for hydroxylation is 2.